The van der Waals surface area contributed by atoms with Crippen LogP contribution in [0.5, 0.6) is 5.75 Å². The summed E-state index contributed by atoms with van der Waals surface area (Å²) in [4.78, 5) is 37.0. The summed E-state index contributed by atoms with van der Waals surface area (Å²) in [5.41, 5.74) is 1.94. The maximum absolute atomic E-state index is 12.3. The number of Topliss-reactive ketones (excluding diaryl/α,β-unsaturated/α-hetero) is 1. The van der Waals surface area contributed by atoms with E-state index in [1.54, 1.807) is 43.5 Å². The molecule has 0 bridgehead atoms. The van der Waals surface area contributed by atoms with Crippen molar-refractivity contribution in [3.05, 3.63) is 59.7 Å². The second kappa shape index (κ2) is 8.80. The number of amides is 2. The molecule has 0 saturated heterocycles. The monoisotopic (exact) mass is 354 g/mol. The lowest BCUT2D eigenvalue weighted by Crippen LogP contribution is -2.36. The maximum Gasteiger partial charge on any atom is 0.244 e. The first kappa shape index (κ1) is 19.2. The maximum atomic E-state index is 12.3. The summed E-state index contributed by atoms with van der Waals surface area (Å²) >= 11 is 0. The number of carbonyl (C=O) groups excluding carboxylic acids is 3. The summed E-state index contributed by atoms with van der Waals surface area (Å²) in [7, 11) is 1.59. The Hall–Kier alpha value is -3.15. The summed E-state index contributed by atoms with van der Waals surface area (Å²) < 4.78 is 5.11. The van der Waals surface area contributed by atoms with Crippen molar-refractivity contribution in [2.45, 2.75) is 20.4 Å². The second-order valence-corrected chi connectivity index (χ2v) is 5.91. The van der Waals surface area contributed by atoms with Gasteiger partial charge in [-0.15, -0.1) is 0 Å². The van der Waals surface area contributed by atoms with E-state index in [4.69, 9.17) is 4.74 Å². The minimum atomic E-state index is -0.325. The lowest BCUT2D eigenvalue weighted by atomic mass is 10.1. The highest BCUT2D eigenvalue weighted by atomic mass is 16.5. The summed E-state index contributed by atoms with van der Waals surface area (Å²) in [6.45, 7) is 3.13. The molecule has 2 amide bonds. The van der Waals surface area contributed by atoms with E-state index >= 15 is 0 Å². The van der Waals surface area contributed by atoms with Crippen LogP contribution in [0.2, 0.25) is 0 Å². The predicted molar refractivity (Wildman–Crippen MR) is 99.2 cm³/mol. The molecule has 0 unspecified atom stereocenters. The molecule has 0 saturated carbocycles. The van der Waals surface area contributed by atoms with Crippen molar-refractivity contribution >= 4 is 23.3 Å². The van der Waals surface area contributed by atoms with Crippen LogP contribution >= 0.6 is 0 Å². The number of rotatable bonds is 7. The Balaban J connectivity index is 2.02. The Bertz CT molecular complexity index is 800. The van der Waals surface area contributed by atoms with Crippen LogP contribution in [0.25, 0.3) is 0 Å². The number of methoxy groups -OCH3 is 1. The van der Waals surface area contributed by atoms with Gasteiger partial charge < -0.3 is 15.0 Å². The van der Waals surface area contributed by atoms with Crippen molar-refractivity contribution in [2.75, 3.05) is 19.0 Å². The smallest absolute Gasteiger partial charge is 0.244 e. The molecule has 1 N–H and O–H groups in total. The van der Waals surface area contributed by atoms with Crippen molar-refractivity contribution in [3.8, 4) is 5.75 Å². The van der Waals surface area contributed by atoms with E-state index in [1.165, 1.54) is 18.7 Å². The third kappa shape index (κ3) is 5.44. The molecule has 2 aromatic rings. The number of ketones is 1. The minimum absolute atomic E-state index is 0.0777. The van der Waals surface area contributed by atoms with Crippen LogP contribution in [-0.4, -0.2) is 36.2 Å². The summed E-state index contributed by atoms with van der Waals surface area (Å²) in [5, 5.41) is 2.72. The number of hydrogen-bond acceptors (Lipinski definition) is 4. The Labute approximate surface area is 152 Å². The molecule has 6 nitrogen and oxygen atoms in total. The van der Waals surface area contributed by atoms with E-state index in [9.17, 15) is 14.4 Å². The zero-order chi connectivity index (χ0) is 19.1. The molecule has 0 aliphatic rings. The van der Waals surface area contributed by atoms with Crippen LogP contribution in [0.4, 0.5) is 5.69 Å². The lowest BCUT2D eigenvalue weighted by Gasteiger charge is -2.21. The third-order valence-corrected chi connectivity index (χ3v) is 3.87. The fourth-order valence-electron chi connectivity index (χ4n) is 2.42. The Morgan fingerprint density at radius 1 is 1.04 bits per heavy atom. The highest BCUT2D eigenvalue weighted by Gasteiger charge is 2.15. The number of nitrogens with zero attached hydrogens (tertiary/aromatic N) is 1. The molecule has 0 aromatic heterocycles. The van der Waals surface area contributed by atoms with Gasteiger partial charge in [-0.05, 0) is 36.8 Å². The lowest BCUT2D eigenvalue weighted by molar-refractivity contribution is -0.133. The van der Waals surface area contributed by atoms with Crippen LogP contribution < -0.4 is 10.1 Å². The predicted octanol–water partition coefficient (Wildman–Crippen LogP) is 2.89. The van der Waals surface area contributed by atoms with Gasteiger partial charge in [0, 0.05) is 24.7 Å². The molecule has 0 atom stereocenters. The molecule has 0 heterocycles. The van der Waals surface area contributed by atoms with Crippen LogP contribution in [0.15, 0.2) is 48.5 Å². The molecule has 6 heteroatoms. The average Bonchev–Trinajstić information content (AvgIpc) is 2.61. The first-order valence-corrected chi connectivity index (χ1v) is 8.18. The van der Waals surface area contributed by atoms with Gasteiger partial charge >= 0.3 is 0 Å². The molecule has 2 aromatic carbocycles. The molecule has 26 heavy (non-hydrogen) atoms. The van der Waals surface area contributed by atoms with Gasteiger partial charge in [0.15, 0.2) is 5.78 Å². The normalized spacial score (nSPS) is 10.1. The number of hydrogen-bond donors (Lipinski definition) is 1. The van der Waals surface area contributed by atoms with E-state index in [0.29, 0.717) is 17.8 Å². The van der Waals surface area contributed by atoms with Crippen molar-refractivity contribution in [3.63, 3.8) is 0 Å². The summed E-state index contributed by atoms with van der Waals surface area (Å²) in [6.07, 6.45) is 0. The summed E-state index contributed by atoms with van der Waals surface area (Å²) in [5.74, 6) is 0.125. The van der Waals surface area contributed by atoms with Crippen LogP contribution in [0, 0.1) is 0 Å². The van der Waals surface area contributed by atoms with Gasteiger partial charge in [0.2, 0.25) is 11.8 Å². The molecule has 136 valence electrons. The zero-order valence-electron chi connectivity index (χ0n) is 15.1. The van der Waals surface area contributed by atoms with Gasteiger partial charge in [0.25, 0.3) is 0 Å². The fourth-order valence-corrected chi connectivity index (χ4v) is 2.42. The van der Waals surface area contributed by atoms with Crippen LogP contribution in [0.3, 0.4) is 0 Å². The fraction of sp³-hybridized carbons (Fsp3) is 0.250. The topological polar surface area (TPSA) is 75.7 Å². The van der Waals surface area contributed by atoms with Gasteiger partial charge in [-0.25, -0.2) is 0 Å². The molecular formula is C20H22N2O4. The molecule has 2 rings (SSSR count). The third-order valence-electron chi connectivity index (χ3n) is 3.87. The minimum Gasteiger partial charge on any atom is -0.497 e. The van der Waals surface area contributed by atoms with E-state index in [2.05, 4.69) is 5.32 Å². The van der Waals surface area contributed by atoms with Gasteiger partial charge in [0.1, 0.15) is 12.3 Å². The van der Waals surface area contributed by atoms with Crippen LogP contribution in [-0.2, 0) is 16.1 Å². The number of carbonyl (C=O) groups is 3. The van der Waals surface area contributed by atoms with Crippen molar-refractivity contribution in [1.82, 2.24) is 4.90 Å². The quantitative estimate of drug-likeness (QED) is 0.776. The van der Waals surface area contributed by atoms with E-state index < -0.39 is 0 Å². The first-order chi connectivity index (χ1) is 12.4. The Kier molecular flexibility index (Phi) is 6.49. The highest BCUT2D eigenvalue weighted by molar-refractivity contribution is 5.98. The number of anilines is 1. The van der Waals surface area contributed by atoms with Gasteiger partial charge in [-0.2, -0.15) is 0 Å². The zero-order valence-corrected chi connectivity index (χ0v) is 15.1. The SMILES string of the molecule is COc1ccc(CN(CC(=O)Nc2cccc(C(C)=O)c2)C(C)=O)cc1. The van der Waals surface area contributed by atoms with Crippen molar-refractivity contribution in [1.29, 1.82) is 0 Å². The van der Waals surface area contributed by atoms with Gasteiger partial charge in [-0.3, -0.25) is 14.4 Å². The average molecular weight is 354 g/mol. The number of benzene rings is 2. The first-order valence-electron chi connectivity index (χ1n) is 8.18. The van der Waals surface area contributed by atoms with E-state index in [0.717, 1.165) is 11.3 Å². The molecule has 0 aliphatic heterocycles. The molecule has 0 aliphatic carbocycles. The second-order valence-electron chi connectivity index (χ2n) is 5.91. The largest absolute Gasteiger partial charge is 0.497 e. The summed E-state index contributed by atoms with van der Waals surface area (Å²) in [6, 6.07) is 14.0. The van der Waals surface area contributed by atoms with Gasteiger partial charge in [0.05, 0.1) is 7.11 Å². The van der Waals surface area contributed by atoms with E-state index in [1.807, 2.05) is 12.1 Å². The van der Waals surface area contributed by atoms with Crippen molar-refractivity contribution < 1.29 is 19.1 Å². The number of ether oxygens (including phenoxy) is 1. The highest BCUT2D eigenvalue weighted by Crippen LogP contribution is 2.14. The van der Waals surface area contributed by atoms with Crippen molar-refractivity contribution in [2.24, 2.45) is 0 Å². The molecule has 0 spiro atoms. The van der Waals surface area contributed by atoms with E-state index in [-0.39, 0.29) is 24.1 Å². The Morgan fingerprint density at radius 2 is 1.73 bits per heavy atom. The van der Waals surface area contributed by atoms with Gasteiger partial charge in [-0.1, -0.05) is 24.3 Å². The standard InChI is InChI=1S/C20H22N2O4/c1-14(23)17-5-4-6-18(11-17)21-20(25)13-22(15(2)24)12-16-7-9-19(26-3)10-8-16/h4-11H,12-13H2,1-3H3,(H,21,25). The Morgan fingerprint density at radius 3 is 2.31 bits per heavy atom. The molecular weight excluding hydrogens is 332 g/mol. The molecule has 0 radical (unpaired) electrons. The number of nitrogens with one attached hydrogen (secondary N) is 1. The van der Waals surface area contributed by atoms with Crippen LogP contribution in [0.1, 0.15) is 29.8 Å². The molecule has 0 fully saturated rings.